The van der Waals surface area contributed by atoms with E-state index in [1.807, 2.05) is 13.8 Å². The molecule has 0 saturated heterocycles. The Balaban J connectivity index is 2.43. The third-order valence-electron chi connectivity index (χ3n) is 1.87. The van der Waals surface area contributed by atoms with Crippen LogP contribution in [0.5, 0.6) is 0 Å². The Morgan fingerprint density at radius 1 is 1.44 bits per heavy atom. The molecular weight excluding hydrogens is 256 g/mol. The Hall–Kier alpha value is -1.64. The van der Waals surface area contributed by atoms with Crippen LogP contribution < -0.4 is 10.6 Å². The molecule has 0 aliphatic carbocycles. The number of rotatable bonds is 5. The van der Waals surface area contributed by atoms with Gasteiger partial charge in [0.05, 0.1) is 11.8 Å². The Labute approximate surface area is 109 Å². The highest BCUT2D eigenvalue weighted by atomic mass is 32.2. The topological polar surface area (TPSA) is 102 Å². The van der Waals surface area contributed by atoms with Crippen LogP contribution in [0.15, 0.2) is 5.16 Å². The molecule has 1 heterocycles. The van der Waals surface area contributed by atoms with E-state index in [0.717, 1.165) is 0 Å². The highest BCUT2D eigenvalue weighted by Crippen LogP contribution is 2.16. The highest BCUT2D eigenvalue weighted by Gasteiger charge is 2.13. The summed E-state index contributed by atoms with van der Waals surface area (Å²) in [5.41, 5.74) is 0. The Morgan fingerprint density at radius 2 is 2.17 bits per heavy atom. The second kappa shape index (κ2) is 6.94. The molecule has 2 N–H and O–H groups in total. The van der Waals surface area contributed by atoms with Gasteiger partial charge in [0.2, 0.25) is 11.1 Å². The van der Waals surface area contributed by atoms with Crippen LogP contribution in [0.25, 0.3) is 0 Å². The maximum absolute atomic E-state index is 11.4. The number of hydrogen-bond acceptors (Lipinski definition) is 6. The van der Waals surface area contributed by atoms with Gasteiger partial charge in [0, 0.05) is 6.54 Å². The quantitative estimate of drug-likeness (QED) is 0.742. The predicted octanol–water partition coefficient (Wildman–Crippen LogP) is 0.192. The lowest BCUT2D eigenvalue weighted by Gasteiger charge is -2.07. The molecule has 0 atom stereocenters. The molecule has 0 radical (unpaired) electrons. The van der Waals surface area contributed by atoms with Crippen molar-refractivity contribution in [2.24, 2.45) is 0 Å². The van der Waals surface area contributed by atoms with Gasteiger partial charge in [0.1, 0.15) is 0 Å². The van der Waals surface area contributed by atoms with Crippen LogP contribution in [0.3, 0.4) is 0 Å². The van der Waals surface area contributed by atoms with Gasteiger partial charge in [-0.05, 0) is 31.2 Å². The molecule has 3 amide bonds. The van der Waals surface area contributed by atoms with Crippen LogP contribution in [0.1, 0.15) is 26.8 Å². The molecule has 0 bridgehead atoms. The van der Waals surface area contributed by atoms with E-state index < -0.39 is 6.03 Å². The maximum Gasteiger partial charge on any atom is 0.321 e. The van der Waals surface area contributed by atoms with Crippen LogP contribution in [-0.2, 0) is 4.79 Å². The van der Waals surface area contributed by atoms with Gasteiger partial charge in [-0.2, -0.15) is 0 Å². The Bertz CT molecular complexity index is 419. The lowest BCUT2D eigenvalue weighted by atomic mass is 10.4. The van der Waals surface area contributed by atoms with E-state index in [1.165, 1.54) is 11.8 Å². The van der Waals surface area contributed by atoms with Gasteiger partial charge < -0.3 is 5.32 Å². The smallest absolute Gasteiger partial charge is 0.321 e. The lowest BCUT2D eigenvalue weighted by molar-refractivity contribution is -0.117. The molecule has 9 heteroatoms. The SMILES string of the molecule is CCNC(=O)NC(=O)CSc1nnnn1C(C)C. The minimum Gasteiger partial charge on any atom is -0.338 e. The third-order valence-corrected chi connectivity index (χ3v) is 2.81. The number of hydrogen-bond donors (Lipinski definition) is 2. The standard InChI is InChI=1S/C9H16N6O2S/c1-4-10-8(17)11-7(16)5-18-9-12-13-14-15(9)6(2)3/h6H,4-5H2,1-3H3,(H2,10,11,16,17). The van der Waals surface area contributed by atoms with E-state index in [-0.39, 0.29) is 17.7 Å². The van der Waals surface area contributed by atoms with Gasteiger partial charge in [-0.1, -0.05) is 11.8 Å². The van der Waals surface area contributed by atoms with Crippen LogP contribution in [0.2, 0.25) is 0 Å². The van der Waals surface area contributed by atoms with Gasteiger partial charge in [-0.3, -0.25) is 10.1 Å². The van der Waals surface area contributed by atoms with Crippen LogP contribution in [0, 0.1) is 0 Å². The van der Waals surface area contributed by atoms with E-state index in [1.54, 1.807) is 11.6 Å². The van der Waals surface area contributed by atoms with E-state index in [4.69, 9.17) is 0 Å². The van der Waals surface area contributed by atoms with E-state index in [2.05, 4.69) is 26.2 Å². The van der Waals surface area contributed by atoms with Crippen molar-refractivity contribution >= 4 is 23.7 Å². The molecule has 0 aromatic carbocycles. The predicted molar refractivity (Wildman–Crippen MR) is 66.1 cm³/mol. The van der Waals surface area contributed by atoms with Gasteiger partial charge >= 0.3 is 6.03 Å². The number of urea groups is 1. The van der Waals surface area contributed by atoms with Gasteiger partial charge in [-0.15, -0.1) is 5.10 Å². The Morgan fingerprint density at radius 3 is 2.78 bits per heavy atom. The molecule has 1 rings (SSSR count). The van der Waals surface area contributed by atoms with Gasteiger partial charge in [-0.25, -0.2) is 9.48 Å². The van der Waals surface area contributed by atoms with Crippen molar-refractivity contribution in [1.29, 1.82) is 0 Å². The first kappa shape index (κ1) is 14.4. The van der Waals surface area contributed by atoms with Crippen molar-refractivity contribution < 1.29 is 9.59 Å². The van der Waals surface area contributed by atoms with Crippen LogP contribution in [0.4, 0.5) is 4.79 Å². The number of carbonyl (C=O) groups is 2. The summed E-state index contributed by atoms with van der Waals surface area (Å²) in [6, 6.07) is -0.375. The minimum absolute atomic E-state index is 0.0875. The summed E-state index contributed by atoms with van der Waals surface area (Å²) in [5, 5.41) is 16.4. The largest absolute Gasteiger partial charge is 0.338 e. The summed E-state index contributed by atoms with van der Waals surface area (Å²) in [5.74, 6) is -0.297. The number of nitrogens with zero attached hydrogens (tertiary/aromatic N) is 4. The summed E-state index contributed by atoms with van der Waals surface area (Å²) in [6.07, 6.45) is 0. The van der Waals surface area contributed by atoms with Crippen molar-refractivity contribution in [2.45, 2.75) is 32.0 Å². The minimum atomic E-state index is -0.494. The molecule has 0 unspecified atom stereocenters. The van der Waals surface area contributed by atoms with E-state index >= 15 is 0 Å². The number of thioether (sulfide) groups is 1. The zero-order chi connectivity index (χ0) is 13.5. The van der Waals surface area contributed by atoms with Crippen molar-refractivity contribution in [3.63, 3.8) is 0 Å². The van der Waals surface area contributed by atoms with Crippen molar-refractivity contribution in [2.75, 3.05) is 12.3 Å². The van der Waals surface area contributed by atoms with Crippen LogP contribution in [-0.4, -0.2) is 44.4 Å². The molecule has 100 valence electrons. The monoisotopic (exact) mass is 272 g/mol. The van der Waals surface area contributed by atoms with Crippen LogP contribution >= 0.6 is 11.8 Å². The number of nitrogens with one attached hydrogen (secondary N) is 2. The normalized spacial score (nSPS) is 10.4. The number of tetrazole rings is 1. The summed E-state index contributed by atoms with van der Waals surface area (Å²) < 4.78 is 1.62. The lowest BCUT2D eigenvalue weighted by Crippen LogP contribution is -2.40. The summed E-state index contributed by atoms with van der Waals surface area (Å²) in [4.78, 5) is 22.5. The Kier molecular flexibility index (Phi) is 5.56. The summed E-state index contributed by atoms with van der Waals surface area (Å²) in [6.45, 7) is 6.12. The van der Waals surface area contributed by atoms with E-state index in [9.17, 15) is 9.59 Å². The molecule has 0 aliphatic rings. The molecular formula is C9H16N6O2S. The van der Waals surface area contributed by atoms with E-state index in [0.29, 0.717) is 11.7 Å². The van der Waals surface area contributed by atoms with Crippen molar-refractivity contribution in [1.82, 2.24) is 30.8 Å². The average molecular weight is 272 g/mol. The fourth-order valence-electron chi connectivity index (χ4n) is 1.10. The molecule has 0 aliphatic heterocycles. The van der Waals surface area contributed by atoms with Crippen molar-refractivity contribution in [3.8, 4) is 0 Å². The number of aromatic nitrogens is 4. The zero-order valence-corrected chi connectivity index (χ0v) is 11.3. The second-order valence-electron chi connectivity index (χ2n) is 3.70. The first-order valence-corrected chi connectivity index (χ1v) is 6.51. The number of amides is 3. The fourth-order valence-corrected chi connectivity index (χ4v) is 1.91. The molecule has 1 aromatic rings. The maximum atomic E-state index is 11.4. The molecule has 1 aromatic heterocycles. The van der Waals surface area contributed by atoms with Gasteiger partial charge in [0.25, 0.3) is 0 Å². The summed E-state index contributed by atoms with van der Waals surface area (Å²) >= 11 is 1.19. The molecule has 0 saturated carbocycles. The zero-order valence-electron chi connectivity index (χ0n) is 10.5. The fraction of sp³-hybridized carbons (Fsp3) is 0.667. The second-order valence-corrected chi connectivity index (χ2v) is 4.64. The number of imide groups is 1. The first-order valence-electron chi connectivity index (χ1n) is 5.53. The van der Waals surface area contributed by atoms with Crippen molar-refractivity contribution in [3.05, 3.63) is 0 Å². The molecule has 18 heavy (non-hydrogen) atoms. The first-order chi connectivity index (χ1) is 8.54. The molecule has 0 fully saturated rings. The highest BCUT2D eigenvalue weighted by molar-refractivity contribution is 7.99. The average Bonchev–Trinajstić information content (AvgIpc) is 2.74. The number of carbonyl (C=O) groups excluding carboxylic acids is 2. The van der Waals surface area contributed by atoms with Gasteiger partial charge in [0.15, 0.2) is 0 Å². The molecule has 8 nitrogen and oxygen atoms in total. The summed E-state index contributed by atoms with van der Waals surface area (Å²) in [7, 11) is 0. The third kappa shape index (κ3) is 4.32. The molecule has 0 spiro atoms.